The third-order valence-electron chi connectivity index (χ3n) is 7.99. The predicted molar refractivity (Wildman–Crippen MR) is 142 cm³/mol. The molecule has 8 atom stereocenters. The minimum atomic E-state index is -1.63. The number of benzene rings is 2. The van der Waals surface area contributed by atoms with Gasteiger partial charge in [0.2, 0.25) is 11.5 Å². The summed E-state index contributed by atoms with van der Waals surface area (Å²) in [7, 11) is 5.60. The first-order valence-corrected chi connectivity index (χ1v) is 13.1. The highest BCUT2D eigenvalue weighted by Gasteiger charge is 2.46. The number of phenolic OH excluding ortho intramolecular Hbond substituents is 2. The van der Waals surface area contributed by atoms with Crippen LogP contribution in [0.25, 0.3) is 0 Å². The molecule has 13 heteroatoms. The maximum Gasteiger partial charge on any atom is 0.201 e. The molecule has 228 valence electrons. The third-order valence-corrected chi connectivity index (χ3v) is 7.99. The summed E-state index contributed by atoms with van der Waals surface area (Å²) < 4.78 is 33.3. The largest absolute Gasteiger partial charge is 0.502 e. The van der Waals surface area contributed by atoms with Gasteiger partial charge in [-0.3, -0.25) is 0 Å². The lowest BCUT2D eigenvalue weighted by Crippen LogP contribution is -2.59. The summed E-state index contributed by atoms with van der Waals surface area (Å²) in [6.45, 7) is -1.02. The number of hydrogen-bond donors (Lipinski definition) is 7. The van der Waals surface area contributed by atoms with E-state index in [1.54, 1.807) is 18.2 Å². The minimum Gasteiger partial charge on any atom is -0.502 e. The molecule has 7 N–H and O–H groups in total. The Bertz CT molecular complexity index is 1180. The van der Waals surface area contributed by atoms with Crippen LogP contribution in [0.4, 0.5) is 0 Å². The van der Waals surface area contributed by atoms with Gasteiger partial charge in [0.05, 0.1) is 41.7 Å². The second kappa shape index (κ2) is 12.9. The Morgan fingerprint density at radius 1 is 0.780 bits per heavy atom. The molecule has 2 aromatic rings. The summed E-state index contributed by atoms with van der Waals surface area (Å²) in [5, 5.41) is 72.6. The molecular weight excluding hydrogens is 544 g/mol. The Balaban J connectivity index is 1.85. The van der Waals surface area contributed by atoms with Gasteiger partial charge in [-0.05, 0) is 47.6 Å². The van der Waals surface area contributed by atoms with Crippen LogP contribution in [0.1, 0.15) is 22.6 Å². The number of aliphatic hydroxyl groups excluding tert-OH is 5. The lowest BCUT2D eigenvalue weighted by Gasteiger charge is -2.43. The SMILES string of the molecule is COc1cc(C2c3c(cc(OC)c(O)c3OC)CC(CO)[C@@H]2COC2OC(CO)C(O)C(O)C2O)cc(OC)c1O. The molecule has 0 bridgehead atoms. The van der Waals surface area contributed by atoms with Crippen LogP contribution in [-0.2, 0) is 15.9 Å². The van der Waals surface area contributed by atoms with Crippen molar-refractivity contribution in [3.05, 3.63) is 34.9 Å². The van der Waals surface area contributed by atoms with Crippen molar-refractivity contribution in [2.45, 2.75) is 43.0 Å². The van der Waals surface area contributed by atoms with Gasteiger partial charge in [0.15, 0.2) is 29.3 Å². The number of methoxy groups -OCH3 is 4. The van der Waals surface area contributed by atoms with Gasteiger partial charge in [0.1, 0.15) is 24.4 Å². The summed E-state index contributed by atoms with van der Waals surface area (Å²) in [5.41, 5.74) is 1.88. The Kier molecular flexibility index (Phi) is 9.70. The average molecular weight is 583 g/mol. The van der Waals surface area contributed by atoms with Gasteiger partial charge in [-0.1, -0.05) is 0 Å². The second-order valence-electron chi connectivity index (χ2n) is 10.1. The van der Waals surface area contributed by atoms with Gasteiger partial charge in [-0.2, -0.15) is 0 Å². The zero-order chi connectivity index (χ0) is 30.0. The Labute approximate surface area is 237 Å². The van der Waals surface area contributed by atoms with Crippen molar-refractivity contribution in [1.29, 1.82) is 0 Å². The fourth-order valence-corrected chi connectivity index (χ4v) is 5.83. The van der Waals surface area contributed by atoms with Crippen molar-refractivity contribution in [2.24, 2.45) is 11.8 Å². The molecule has 2 aromatic carbocycles. The highest BCUT2D eigenvalue weighted by atomic mass is 16.7. The van der Waals surface area contributed by atoms with Crippen molar-refractivity contribution >= 4 is 0 Å². The van der Waals surface area contributed by atoms with Crippen molar-refractivity contribution in [3.8, 4) is 34.5 Å². The monoisotopic (exact) mass is 582 g/mol. The molecule has 1 aliphatic heterocycles. The summed E-state index contributed by atoms with van der Waals surface area (Å²) in [6, 6.07) is 4.88. The Morgan fingerprint density at radius 2 is 1.39 bits per heavy atom. The van der Waals surface area contributed by atoms with Crippen LogP contribution in [-0.4, -0.2) is 115 Å². The number of aromatic hydroxyl groups is 2. The van der Waals surface area contributed by atoms with E-state index in [0.29, 0.717) is 17.5 Å². The minimum absolute atomic E-state index is 0.123. The molecule has 13 nitrogen and oxygen atoms in total. The molecule has 2 aliphatic rings. The summed E-state index contributed by atoms with van der Waals surface area (Å²) in [4.78, 5) is 0. The molecule has 1 heterocycles. The number of hydrogen-bond acceptors (Lipinski definition) is 13. The van der Waals surface area contributed by atoms with E-state index in [0.717, 1.165) is 5.56 Å². The lowest BCUT2D eigenvalue weighted by molar-refractivity contribution is -0.304. The maximum absolute atomic E-state index is 11.0. The molecule has 0 amide bonds. The van der Waals surface area contributed by atoms with E-state index in [-0.39, 0.29) is 47.7 Å². The van der Waals surface area contributed by atoms with Crippen molar-refractivity contribution < 1.29 is 64.2 Å². The van der Waals surface area contributed by atoms with E-state index in [4.69, 9.17) is 28.4 Å². The first-order valence-electron chi connectivity index (χ1n) is 13.1. The third kappa shape index (κ3) is 5.58. The number of rotatable bonds is 10. The van der Waals surface area contributed by atoms with Crippen LogP contribution in [0, 0.1) is 11.8 Å². The zero-order valence-corrected chi connectivity index (χ0v) is 23.3. The normalized spacial score (nSPS) is 29.5. The number of aliphatic hydroxyl groups is 5. The van der Waals surface area contributed by atoms with Crippen molar-refractivity contribution in [1.82, 2.24) is 0 Å². The quantitative estimate of drug-likeness (QED) is 0.196. The first-order chi connectivity index (χ1) is 19.6. The Hall–Kier alpha value is -3.04. The van der Waals surface area contributed by atoms with Gasteiger partial charge in [-0.25, -0.2) is 0 Å². The molecule has 1 saturated heterocycles. The zero-order valence-electron chi connectivity index (χ0n) is 23.3. The first kappa shape index (κ1) is 30.9. The topological polar surface area (TPSA) is 197 Å². The molecule has 0 spiro atoms. The lowest BCUT2D eigenvalue weighted by atomic mass is 9.66. The molecule has 1 aliphatic carbocycles. The average Bonchev–Trinajstić information content (AvgIpc) is 2.98. The summed E-state index contributed by atoms with van der Waals surface area (Å²) in [5.74, 6) is -1.51. The molecular formula is C28H38O13. The van der Waals surface area contributed by atoms with E-state index in [2.05, 4.69) is 0 Å². The second-order valence-corrected chi connectivity index (χ2v) is 10.1. The van der Waals surface area contributed by atoms with Crippen LogP contribution in [0.15, 0.2) is 18.2 Å². The van der Waals surface area contributed by atoms with Gasteiger partial charge < -0.3 is 64.2 Å². The van der Waals surface area contributed by atoms with Crippen LogP contribution >= 0.6 is 0 Å². The van der Waals surface area contributed by atoms with Gasteiger partial charge >= 0.3 is 0 Å². The van der Waals surface area contributed by atoms with Gasteiger partial charge in [-0.15, -0.1) is 0 Å². The van der Waals surface area contributed by atoms with Crippen LogP contribution in [0.5, 0.6) is 34.5 Å². The van der Waals surface area contributed by atoms with Crippen LogP contribution in [0.3, 0.4) is 0 Å². The van der Waals surface area contributed by atoms with Gasteiger partial charge in [0, 0.05) is 18.1 Å². The van der Waals surface area contributed by atoms with Crippen LogP contribution < -0.4 is 18.9 Å². The van der Waals surface area contributed by atoms with E-state index in [1.165, 1.54) is 28.4 Å². The van der Waals surface area contributed by atoms with E-state index in [9.17, 15) is 35.7 Å². The molecule has 0 radical (unpaired) electrons. The van der Waals surface area contributed by atoms with Crippen molar-refractivity contribution in [3.63, 3.8) is 0 Å². The van der Waals surface area contributed by atoms with Gasteiger partial charge in [0.25, 0.3) is 0 Å². The van der Waals surface area contributed by atoms with Crippen LogP contribution in [0.2, 0.25) is 0 Å². The summed E-state index contributed by atoms with van der Waals surface area (Å²) >= 11 is 0. The molecule has 7 unspecified atom stereocenters. The number of phenols is 2. The number of fused-ring (bicyclic) bond motifs is 1. The molecule has 0 saturated carbocycles. The fourth-order valence-electron chi connectivity index (χ4n) is 5.83. The van der Waals surface area contributed by atoms with E-state index in [1.807, 2.05) is 0 Å². The highest BCUT2D eigenvalue weighted by Crippen LogP contribution is 2.54. The molecule has 0 aromatic heterocycles. The fraction of sp³-hybridized carbons (Fsp3) is 0.571. The predicted octanol–water partition coefficient (Wildman–Crippen LogP) is -0.139. The maximum atomic E-state index is 11.0. The number of ether oxygens (including phenoxy) is 6. The Morgan fingerprint density at radius 3 is 1.93 bits per heavy atom. The summed E-state index contributed by atoms with van der Waals surface area (Å²) in [6.07, 6.45) is -7.02. The van der Waals surface area contributed by atoms with Crippen molar-refractivity contribution in [2.75, 3.05) is 48.3 Å². The molecule has 4 rings (SSSR count). The molecule has 1 fully saturated rings. The van der Waals surface area contributed by atoms with E-state index >= 15 is 0 Å². The standard InChI is InChI=1S/C28H38O13/c1-36-16-7-13(8-17(37-2)22(16)31)20-15(11-40-28-26(35)25(34)23(32)19(10-30)41-28)14(9-29)5-12-6-18(38-3)24(33)27(39-4)21(12)20/h6-8,14-15,19-20,23,25-26,28-35H,5,9-11H2,1-4H3/t14?,15-,19?,20?,23?,25?,26?,28?/m0/s1. The molecule has 41 heavy (non-hydrogen) atoms. The van der Waals surface area contributed by atoms with E-state index < -0.39 is 55.1 Å². The highest BCUT2D eigenvalue weighted by molar-refractivity contribution is 5.64. The smallest absolute Gasteiger partial charge is 0.201 e.